The normalized spacial score (nSPS) is 11.6. The van der Waals surface area contributed by atoms with Crippen LogP contribution >= 0.6 is 0 Å². The fourth-order valence-corrected chi connectivity index (χ4v) is 3.55. The number of ether oxygens (including phenoxy) is 1. The topological polar surface area (TPSA) is 9.23 Å². The average Bonchev–Trinajstić information content (AvgIpc) is 2.76. The van der Waals surface area contributed by atoms with Crippen molar-refractivity contribution < 1.29 is 44.3 Å². The Morgan fingerprint density at radius 3 is 1.53 bits per heavy atom. The minimum Gasteiger partial charge on any atom is -0.429 e. The molecule has 36 heavy (non-hydrogen) atoms. The summed E-state index contributed by atoms with van der Waals surface area (Å²) in [5.41, 5.74) is -2.46. The van der Waals surface area contributed by atoms with Gasteiger partial charge in [-0.3, -0.25) is 0 Å². The summed E-state index contributed by atoms with van der Waals surface area (Å²) >= 11 is 0. The summed E-state index contributed by atoms with van der Waals surface area (Å²) in [6.45, 7) is 1.78. The van der Waals surface area contributed by atoms with Crippen LogP contribution in [0.1, 0.15) is 11.1 Å². The average molecular weight is 512 g/mol. The van der Waals surface area contributed by atoms with Crippen molar-refractivity contribution in [1.29, 1.82) is 0 Å². The number of alkyl halides is 2. The molecule has 0 aliphatic carbocycles. The molecule has 0 unspecified atom stereocenters. The highest BCUT2D eigenvalue weighted by Gasteiger charge is 2.41. The first-order valence-corrected chi connectivity index (χ1v) is 10.1. The van der Waals surface area contributed by atoms with Gasteiger partial charge < -0.3 is 4.74 Å². The SMILES string of the molecule is Cc1ccc(-c2cc(F)c(C(F)(F)Oc3cc(F)c(-c4cc(F)c(F)c(F)c4)c(F)c3)c(F)c2)cc1. The monoisotopic (exact) mass is 512 g/mol. The van der Waals surface area contributed by atoms with Crippen LogP contribution in [0.5, 0.6) is 5.75 Å². The van der Waals surface area contributed by atoms with Gasteiger partial charge in [0.25, 0.3) is 0 Å². The van der Waals surface area contributed by atoms with Gasteiger partial charge in [0.15, 0.2) is 17.5 Å². The van der Waals surface area contributed by atoms with E-state index in [-0.39, 0.29) is 17.7 Å². The molecule has 0 heterocycles. The van der Waals surface area contributed by atoms with Crippen molar-refractivity contribution in [2.24, 2.45) is 0 Å². The van der Waals surface area contributed by atoms with Crippen LogP contribution < -0.4 is 4.74 Å². The molecule has 0 atom stereocenters. The highest BCUT2D eigenvalue weighted by molar-refractivity contribution is 5.66. The third-order valence-corrected chi connectivity index (χ3v) is 5.25. The Bertz CT molecular complexity index is 1390. The van der Waals surface area contributed by atoms with Crippen LogP contribution in [0.15, 0.2) is 60.7 Å². The van der Waals surface area contributed by atoms with Crippen LogP contribution in [0, 0.1) is 47.6 Å². The highest BCUT2D eigenvalue weighted by atomic mass is 19.3. The van der Waals surface area contributed by atoms with E-state index < -0.39 is 69.3 Å². The Morgan fingerprint density at radius 1 is 0.556 bits per heavy atom. The molecule has 4 aromatic rings. The summed E-state index contributed by atoms with van der Waals surface area (Å²) in [5.74, 6) is -13.1. The first kappa shape index (κ1) is 25.2. The molecule has 186 valence electrons. The smallest absolute Gasteiger partial charge is 0.429 e. The maximum atomic E-state index is 14.7. The molecule has 4 aromatic carbocycles. The molecule has 0 radical (unpaired) electrons. The zero-order valence-electron chi connectivity index (χ0n) is 18.1. The molecule has 10 heteroatoms. The van der Waals surface area contributed by atoms with Gasteiger partial charge in [0.1, 0.15) is 34.6 Å². The van der Waals surface area contributed by atoms with Gasteiger partial charge in [0, 0.05) is 12.1 Å². The molecule has 4 rings (SSSR count). The van der Waals surface area contributed by atoms with E-state index in [0.29, 0.717) is 29.8 Å². The molecule has 0 fully saturated rings. The molecule has 0 aliphatic rings. The van der Waals surface area contributed by atoms with Crippen LogP contribution in [-0.4, -0.2) is 0 Å². The van der Waals surface area contributed by atoms with Gasteiger partial charge >= 0.3 is 6.11 Å². The van der Waals surface area contributed by atoms with E-state index in [9.17, 15) is 39.5 Å². The van der Waals surface area contributed by atoms with Gasteiger partial charge in [0.05, 0.1) is 5.56 Å². The predicted molar refractivity (Wildman–Crippen MR) is 113 cm³/mol. The molecular weight excluding hydrogens is 499 g/mol. The summed E-state index contributed by atoms with van der Waals surface area (Å²) in [5, 5.41) is 0. The molecule has 0 N–H and O–H groups in total. The first-order chi connectivity index (χ1) is 16.9. The fourth-order valence-electron chi connectivity index (χ4n) is 3.55. The van der Waals surface area contributed by atoms with Gasteiger partial charge in [-0.05, 0) is 47.9 Å². The van der Waals surface area contributed by atoms with E-state index in [1.807, 2.05) is 0 Å². The van der Waals surface area contributed by atoms with E-state index in [0.717, 1.165) is 5.56 Å². The minimum atomic E-state index is -4.71. The summed E-state index contributed by atoms with van der Waals surface area (Å²) in [6, 6.07) is 8.73. The van der Waals surface area contributed by atoms with Gasteiger partial charge in [-0.1, -0.05) is 29.8 Å². The number of hydrogen-bond acceptors (Lipinski definition) is 1. The Hall–Kier alpha value is -3.95. The third kappa shape index (κ3) is 4.75. The molecule has 0 saturated carbocycles. The molecule has 0 amide bonds. The maximum absolute atomic E-state index is 14.7. The second-order valence-corrected chi connectivity index (χ2v) is 7.82. The molecule has 0 bridgehead atoms. The molecule has 0 saturated heterocycles. The molecule has 0 aromatic heterocycles. The second kappa shape index (κ2) is 9.25. The number of benzene rings is 4. The van der Waals surface area contributed by atoms with E-state index in [4.69, 9.17) is 0 Å². The lowest BCUT2D eigenvalue weighted by Crippen LogP contribution is -2.25. The summed E-state index contributed by atoms with van der Waals surface area (Å²) in [4.78, 5) is 0. The van der Waals surface area contributed by atoms with Gasteiger partial charge in [-0.25, -0.2) is 30.7 Å². The maximum Gasteiger partial charge on any atom is 0.432 e. The summed E-state index contributed by atoms with van der Waals surface area (Å²) in [6.07, 6.45) is -4.71. The van der Waals surface area contributed by atoms with Crippen LogP contribution in [0.25, 0.3) is 22.3 Å². The van der Waals surface area contributed by atoms with Crippen molar-refractivity contribution >= 4 is 0 Å². The van der Waals surface area contributed by atoms with Crippen molar-refractivity contribution in [3.8, 4) is 28.0 Å². The number of rotatable bonds is 5. The predicted octanol–water partition coefficient (Wildman–Crippen LogP) is 8.43. The molecule has 1 nitrogen and oxygen atoms in total. The first-order valence-electron chi connectivity index (χ1n) is 10.1. The Labute approximate surface area is 198 Å². The highest BCUT2D eigenvalue weighted by Crippen LogP contribution is 2.39. The van der Waals surface area contributed by atoms with Crippen molar-refractivity contribution in [1.82, 2.24) is 0 Å². The second-order valence-electron chi connectivity index (χ2n) is 7.82. The van der Waals surface area contributed by atoms with Crippen LogP contribution in [-0.2, 0) is 6.11 Å². The lowest BCUT2D eigenvalue weighted by atomic mass is 10.0. The lowest BCUT2D eigenvalue weighted by Gasteiger charge is -2.20. The van der Waals surface area contributed by atoms with E-state index in [1.54, 1.807) is 19.1 Å². The molecule has 0 spiro atoms. The van der Waals surface area contributed by atoms with Crippen molar-refractivity contribution in [3.63, 3.8) is 0 Å². The van der Waals surface area contributed by atoms with Crippen molar-refractivity contribution in [2.75, 3.05) is 0 Å². The largest absolute Gasteiger partial charge is 0.432 e. The third-order valence-electron chi connectivity index (χ3n) is 5.25. The standard InChI is InChI=1S/C26H13F9O/c1-12-2-4-13(5-3-12)14-6-19(29)24(20(30)7-14)26(34,35)36-16-10-17(27)23(18(28)11-16)15-8-21(31)25(33)22(32)9-15/h2-11H,1H3. The Kier molecular flexibility index (Phi) is 6.46. The molecular formula is C26H13F9O. The van der Waals surface area contributed by atoms with Crippen LogP contribution in [0.2, 0.25) is 0 Å². The minimum absolute atomic E-state index is 0.0373. The van der Waals surface area contributed by atoms with Crippen LogP contribution in [0.4, 0.5) is 39.5 Å². The number of hydrogen-bond donors (Lipinski definition) is 0. The zero-order chi connectivity index (χ0) is 26.4. The Morgan fingerprint density at radius 2 is 1.03 bits per heavy atom. The number of aryl methyl sites for hydroxylation is 1. The molecule has 0 aliphatic heterocycles. The van der Waals surface area contributed by atoms with Gasteiger partial charge in [0.2, 0.25) is 0 Å². The Balaban J connectivity index is 1.68. The van der Waals surface area contributed by atoms with Crippen molar-refractivity contribution in [3.05, 3.63) is 113 Å². The zero-order valence-corrected chi connectivity index (χ0v) is 18.1. The number of halogens is 9. The van der Waals surface area contributed by atoms with E-state index in [1.165, 1.54) is 12.1 Å². The van der Waals surface area contributed by atoms with Gasteiger partial charge in [-0.2, -0.15) is 8.78 Å². The van der Waals surface area contributed by atoms with Crippen LogP contribution in [0.3, 0.4) is 0 Å². The van der Waals surface area contributed by atoms with E-state index in [2.05, 4.69) is 4.74 Å². The summed E-state index contributed by atoms with van der Waals surface area (Å²) in [7, 11) is 0. The summed E-state index contributed by atoms with van der Waals surface area (Å²) < 4.78 is 132. The lowest BCUT2D eigenvalue weighted by molar-refractivity contribution is -0.189. The fraction of sp³-hybridized carbons (Fsp3) is 0.0769. The van der Waals surface area contributed by atoms with E-state index >= 15 is 0 Å². The quantitative estimate of drug-likeness (QED) is 0.193. The van der Waals surface area contributed by atoms with Gasteiger partial charge in [-0.15, -0.1) is 0 Å². The van der Waals surface area contributed by atoms with Crippen molar-refractivity contribution in [2.45, 2.75) is 13.0 Å².